The van der Waals surface area contributed by atoms with Crippen molar-refractivity contribution < 1.29 is 39.3 Å². The summed E-state index contributed by atoms with van der Waals surface area (Å²) in [5, 5.41) is 34.7. The van der Waals surface area contributed by atoms with Crippen LogP contribution in [-0.4, -0.2) is 80.7 Å². The van der Waals surface area contributed by atoms with Gasteiger partial charge in [-0.2, -0.15) is 0 Å². The Labute approximate surface area is 193 Å². The number of hydrogen-bond acceptors (Lipinski definition) is 7. The Morgan fingerprint density at radius 2 is 1.62 bits per heavy atom. The number of carbonyl (C=O) groups is 5. The minimum Gasteiger partial charge on any atom is -0.481 e. The predicted molar refractivity (Wildman–Crippen MR) is 118 cm³/mol. The highest BCUT2D eigenvalue weighted by molar-refractivity contribution is 5.94. The summed E-state index contributed by atoms with van der Waals surface area (Å²) in [4.78, 5) is 61.9. The molecular formula is C21H27N5O8. The number of H-pyrrole nitrogens is 1. The fourth-order valence-electron chi connectivity index (χ4n) is 3.15. The molecule has 2 aromatic rings. The molecule has 2 rings (SSSR count). The van der Waals surface area contributed by atoms with Crippen LogP contribution < -0.4 is 21.7 Å². The maximum Gasteiger partial charge on any atom is 0.326 e. The quantitative estimate of drug-likeness (QED) is 0.170. The van der Waals surface area contributed by atoms with Gasteiger partial charge in [0.25, 0.3) is 0 Å². The minimum absolute atomic E-state index is 0.161. The molecule has 0 spiro atoms. The Balaban J connectivity index is 1.93. The van der Waals surface area contributed by atoms with Crippen LogP contribution >= 0.6 is 0 Å². The molecule has 13 heteroatoms. The molecule has 0 aliphatic carbocycles. The van der Waals surface area contributed by atoms with E-state index in [1.165, 1.54) is 6.92 Å². The molecule has 9 N–H and O–H groups in total. The van der Waals surface area contributed by atoms with Crippen molar-refractivity contribution in [2.75, 3.05) is 6.61 Å². The van der Waals surface area contributed by atoms with Crippen LogP contribution in [0.5, 0.6) is 0 Å². The van der Waals surface area contributed by atoms with Crippen LogP contribution in [0.15, 0.2) is 30.5 Å². The first kappa shape index (κ1) is 26.3. The normalized spacial score (nSPS) is 14.4. The number of carboxylic acids is 2. The first-order chi connectivity index (χ1) is 16.0. The van der Waals surface area contributed by atoms with Gasteiger partial charge in [-0.15, -0.1) is 0 Å². The number of rotatable bonds is 12. The summed E-state index contributed by atoms with van der Waals surface area (Å²) in [7, 11) is 0. The van der Waals surface area contributed by atoms with Crippen LogP contribution in [0.2, 0.25) is 0 Å². The lowest BCUT2D eigenvalue weighted by Crippen LogP contribution is -2.57. The van der Waals surface area contributed by atoms with Crippen LogP contribution in [-0.2, 0) is 30.4 Å². The zero-order valence-corrected chi connectivity index (χ0v) is 18.3. The maximum atomic E-state index is 12.5. The Bertz CT molecular complexity index is 1070. The zero-order valence-electron chi connectivity index (χ0n) is 18.3. The number of fused-ring (bicyclic) bond motifs is 1. The van der Waals surface area contributed by atoms with Gasteiger partial charge in [0.05, 0.1) is 19.1 Å². The van der Waals surface area contributed by atoms with Crippen molar-refractivity contribution >= 4 is 40.6 Å². The van der Waals surface area contributed by atoms with Crippen LogP contribution in [0.25, 0.3) is 10.9 Å². The fraction of sp³-hybridized carbons (Fsp3) is 0.381. The number of nitrogens with two attached hydrogens (primary N) is 1. The highest BCUT2D eigenvalue weighted by Crippen LogP contribution is 2.18. The number of benzene rings is 1. The molecular weight excluding hydrogens is 450 g/mol. The van der Waals surface area contributed by atoms with Gasteiger partial charge in [-0.3, -0.25) is 19.2 Å². The van der Waals surface area contributed by atoms with Crippen molar-refractivity contribution in [3.8, 4) is 0 Å². The van der Waals surface area contributed by atoms with E-state index in [0.29, 0.717) is 0 Å². The largest absolute Gasteiger partial charge is 0.481 e. The van der Waals surface area contributed by atoms with E-state index in [2.05, 4.69) is 15.6 Å². The van der Waals surface area contributed by atoms with Crippen molar-refractivity contribution in [1.82, 2.24) is 20.9 Å². The molecule has 0 saturated heterocycles. The molecule has 3 amide bonds. The van der Waals surface area contributed by atoms with E-state index >= 15 is 0 Å². The first-order valence-electron chi connectivity index (χ1n) is 10.3. The van der Waals surface area contributed by atoms with Gasteiger partial charge < -0.3 is 42.0 Å². The van der Waals surface area contributed by atoms with E-state index < -0.39 is 66.9 Å². The molecule has 0 aliphatic heterocycles. The molecule has 184 valence electrons. The SMILES string of the molecule is CC(NC(=O)C(CO)NC(=O)C(N)Cc1c[nH]c2ccccc12)C(=O)NC(CC(=O)O)C(=O)O. The lowest BCUT2D eigenvalue weighted by Gasteiger charge is -2.22. The number of aromatic nitrogens is 1. The van der Waals surface area contributed by atoms with E-state index in [1.807, 2.05) is 29.6 Å². The maximum absolute atomic E-state index is 12.5. The van der Waals surface area contributed by atoms with Gasteiger partial charge in [-0.05, 0) is 25.0 Å². The number of amides is 3. The Hall–Kier alpha value is -3.97. The van der Waals surface area contributed by atoms with Gasteiger partial charge in [0, 0.05) is 17.1 Å². The molecule has 1 heterocycles. The van der Waals surface area contributed by atoms with Crippen LogP contribution in [0.4, 0.5) is 0 Å². The minimum atomic E-state index is -1.69. The summed E-state index contributed by atoms with van der Waals surface area (Å²) in [6.07, 6.45) is 1.03. The second-order valence-corrected chi connectivity index (χ2v) is 7.64. The van der Waals surface area contributed by atoms with E-state index in [4.69, 9.17) is 15.9 Å². The monoisotopic (exact) mass is 477 g/mol. The smallest absolute Gasteiger partial charge is 0.326 e. The third kappa shape index (κ3) is 7.02. The van der Waals surface area contributed by atoms with Crippen molar-refractivity contribution in [3.05, 3.63) is 36.0 Å². The third-order valence-corrected chi connectivity index (χ3v) is 5.01. The lowest BCUT2D eigenvalue weighted by atomic mass is 10.0. The first-order valence-corrected chi connectivity index (χ1v) is 10.3. The van der Waals surface area contributed by atoms with E-state index in [-0.39, 0.29) is 6.42 Å². The number of aliphatic hydroxyl groups is 1. The molecule has 0 fully saturated rings. The van der Waals surface area contributed by atoms with Gasteiger partial charge in [-0.1, -0.05) is 18.2 Å². The highest BCUT2D eigenvalue weighted by atomic mass is 16.4. The zero-order chi connectivity index (χ0) is 25.4. The summed E-state index contributed by atoms with van der Waals surface area (Å²) in [5.41, 5.74) is 7.64. The second kappa shape index (κ2) is 11.8. The molecule has 0 aliphatic rings. The molecule has 13 nitrogen and oxygen atoms in total. The molecule has 1 aromatic carbocycles. The second-order valence-electron chi connectivity index (χ2n) is 7.64. The van der Waals surface area contributed by atoms with E-state index in [9.17, 15) is 29.1 Å². The van der Waals surface area contributed by atoms with E-state index in [0.717, 1.165) is 16.5 Å². The Morgan fingerprint density at radius 3 is 2.24 bits per heavy atom. The highest BCUT2D eigenvalue weighted by Gasteiger charge is 2.29. The number of aromatic amines is 1. The number of aliphatic carboxylic acids is 2. The summed E-state index contributed by atoms with van der Waals surface area (Å²) >= 11 is 0. The molecule has 0 saturated carbocycles. The number of nitrogens with one attached hydrogen (secondary N) is 4. The molecule has 1 aromatic heterocycles. The van der Waals surface area contributed by atoms with Gasteiger partial charge in [0.15, 0.2) is 0 Å². The van der Waals surface area contributed by atoms with Crippen LogP contribution in [0.3, 0.4) is 0 Å². The Morgan fingerprint density at radius 1 is 0.971 bits per heavy atom. The number of carbonyl (C=O) groups excluding carboxylic acids is 3. The van der Waals surface area contributed by atoms with Crippen molar-refractivity contribution in [1.29, 1.82) is 0 Å². The summed E-state index contributed by atoms with van der Waals surface area (Å²) < 4.78 is 0. The van der Waals surface area contributed by atoms with Crippen molar-refractivity contribution in [3.63, 3.8) is 0 Å². The van der Waals surface area contributed by atoms with Crippen molar-refractivity contribution in [2.45, 2.75) is 43.9 Å². The molecule has 0 bridgehead atoms. The number of aliphatic hydroxyl groups excluding tert-OH is 1. The van der Waals surface area contributed by atoms with Crippen LogP contribution in [0, 0.1) is 0 Å². The summed E-state index contributed by atoms with van der Waals surface area (Å²) in [6.45, 7) is 0.439. The molecule has 4 unspecified atom stereocenters. The van der Waals surface area contributed by atoms with Gasteiger partial charge >= 0.3 is 11.9 Å². The average molecular weight is 477 g/mol. The summed E-state index contributed by atoms with van der Waals surface area (Å²) in [6, 6.07) is 2.00. The topological polar surface area (TPSA) is 224 Å². The standard InChI is InChI=1S/C21H27N5O8/c1-10(18(30)25-15(21(33)34)7-17(28)29)24-20(32)16(9-27)26-19(31)13(22)6-11-8-23-14-5-3-2-4-12(11)14/h2-5,8,10,13,15-16,23,27H,6-7,9,22H2,1H3,(H,24,32)(H,25,30)(H,26,31)(H,28,29)(H,33,34). The van der Waals surface area contributed by atoms with Gasteiger partial charge in [-0.25, -0.2) is 4.79 Å². The van der Waals surface area contributed by atoms with Gasteiger partial charge in [0.2, 0.25) is 17.7 Å². The van der Waals surface area contributed by atoms with Crippen LogP contribution in [0.1, 0.15) is 18.9 Å². The average Bonchev–Trinajstić information content (AvgIpc) is 3.18. The van der Waals surface area contributed by atoms with Crippen molar-refractivity contribution in [2.24, 2.45) is 5.73 Å². The van der Waals surface area contributed by atoms with Gasteiger partial charge in [0.1, 0.15) is 18.1 Å². The summed E-state index contributed by atoms with van der Waals surface area (Å²) in [5.74, 6) is -5.57. The Kier molecular flexibility index (Phi) is 9.10. The predicted octanol–water partition coefficient (Wildman–Crippen LogP) is -1.94. The third-order valence-electron chi connectivity index (χ3n) is 5.01. The molecule has 0 radical (unpaired) electrons. The number of para-hydroxylation sites is 1. The fourth-order valence-corrected chi connectivity index (χ4v) is 3.15. The number of hydrogen-bond donors (Lipinski definition) is 8. The molecule has 4 atom stereocenters. The number of carboxylic acid groups (broad SMARTS) is 2. The van der Waals surface area contributed by atoms with E-state index in [1.54, 1.807) is 6.20 Å². The lowest BCUT2D eigenvalue weighted by molar-refractivity contribution is -0.147. The molecule has 34 heavy (non-hydrogen) atoms.